The number of hydrogen-bond acceptors (Lipinski definition) is 3. The van der Waals surface area contributed by atoms with Gasteiger partial charge in [-0.3, -0.25) is 4.79 Å². The first-order valence-corrected chi connectivity index (χ1v) is 7.34. The van der Waals surface area contributed by atoms with Crippen LogP contribution in [0, 0.1) is 6.92 Å². The number of aryl methyl sites for hydroxylation is 2. The first-order chi connectivity index (χ1) is 9.90. The average molecular weight is 345 g/mol. The molecule has 7 heteroatoms. The summed E-state index contributed by atoms with van der Waals surface area (Å²) in [6.07, 6.45) is 0.684. The Kier molecular flexibility index (Phi) is 5.04. The number of nitrogens with one attached hydrogen (secondary N) is 1. The number of carbonyl (C=O) groups is 1. The maximum absolute atomic E-state index is 12.3. The first-order valence-electron chi connectivity index (χ1n) is 6.21. The van der Waals surface area contributed by atoms with Gasteiger partial charge in [-0.2, -0.15) is 0 Å². The van der Waals surface area contributed by atoms with Gasteiger partial charge < -0.3 is 5.32 Å². The second-order valence-corrected chi connectivity index (χ2v) is 5.54. The Hall–Kier alpha value is -1.36. The Morgan fingerprint density at radius 3 is 2.43 bits per heavy atom. The predicted molar refractivity (Wildman–Crippen MR) is 85.6 cm³/mol. The summed E-state index contributed by atoms with van der Waals surface area (Å²) < 4.78 is 0. The van der Waals surface area contributed by atoms with Gasteiger partial charge in [-0.1, -0.05) is 41.7 Å². The SMILES string of the molecule is CCc1cc(C(=O)Nc2c(C)cc(Cl)nc2Cl)cc(Cl)n1. The van der Waals surface area contributed by atoms with Crippen LogP contribution in [0.15, 0.2) is 18.2 Å². The molecule has 1 N–H and O–H groups in total. The third kappa shape index (κ3) is 3.84. The van der Waals surface area contributed by atoms with Gasteiger partial charge in [-0.25, -0.2) is 9.97 Å². The monoisotopic (exact) mass is 343 g/mol. The minimum Gasteiger partial charge on any atom is -0.319 e. The smallest absolute Gasteiger partial charge is 0.255 e. The third-order valence-corrected chi connectivity index (χ3v) is 3.51. The zero-order valence-corrected chi connectivity index (χ0v) is 13.6. The van der Waals surface area contributed by atoms with Crippen molar-refractivity contribution in [1.29, 1.82) is 0 Å². The van der Waals surface area contributed by atoms with Crippen LogP contribution in [0.3, 0.4) is 0 Å². The van der Waals surface area contributed by atoms with E-state index >= 15 is 0 Å². The Labute approximate surface area is 137 Å². The van der Waals surface area contributed by atoms with Crippen molar-refractivity contribution < 1.29 is 4.79 Å². The Bertz CT molecular complexity index is 681. The lowest BCUT2D eigenvalue weighted by molar-refractivity contribution is 0.102. The summed E-state index contributed by atoms with van der Waals surface area (Å²) in [5, 5.41) is 3.41. The van der Waals surface area contributed by atoms with E-state index in [0.717, 1.165) is 11.3 Å². The second-order valence-electron chi connectivity index (χ2n) is 4.41. The van der Waals surface area contributed by atoms with Gasteiger partial charge in [0.1, 0.15) is 10.3 Å². The summed E-state index contributed by atoms with van der Waals surface area (Å²) in [6.45, 7) is 3.72. The molecule has 0 radical (unpaired) electrons. The number of halogens is 3. The number of hydrogen-bond donors (Lipinski definition) is 1. The lowest BCUT2D eigenvalue weighted by atomic mass is 10.2. The summed E-state index contributed by atoms with van der Waals surface area (Å²) in [5.74, 6) is -0.330. The molecule has 0 saturated carbocycles. The van der Waals surface area contributed by atoms with Crippen LogP contribution in [0.5, 0.6) is 0 Å². The minimum atomic E-state index is -0.330. The summed E-state index contributed by atoms with van der Waals surface area (Å²) in [6, 6.07) is 4.82. The van der Waals surface area contributed by atoms with Crippen molar-refractivity contribution in [3.05, 3.63) is 50.5 Å². The van der Waals surface area contributed by atoms with E-state index in [1.807, 2.05) is 6.92 Å². The van der Waals surface area contributed by atoms with E-state index in [1.165, 1.54) is 6.07 Å². The van der Waals surface area contributed by atoms with Crippen LogP contribution in [0.4, 0.5) is 5.69 Å². The largest absolute Gasteiger partial charge is 0.319 e. The highest BCUT2D eigenvalue weighted by Crippen LogP contribution is 2.27. The van der Waals surface area contributed by atoms with Crippen LogP contribution in [0.1, 0.15) is 28.5 Å². The number of aromatic nitrogens is 2. The summed E-state index contributed by atoms with van der Waals surface area (Å²) >= 11 is 17.7. The molecule has 0 saturated heterocycles. The lowest BCUT2D eigenvalue weighted by Crippen LogP contribution is -2.14. The molecule has 2 aromatic heterocycles. The maximum atomic E-state index is 12.3. The van der Waals surface area contributed by atoms with Crippen LogP contribution in [0.25, 0.3) is 0 Å². The molecule has 4 nitrogen and oxygen atoms in total. The molecular formula is C14H12Cl3N3O. The quantitative estimate of drug-likeness (QED) is 0.830. The molecule has 2 rings (SSSR count). The standard InChI is InChI=1S/C14H12Cl3N3O/c1-3-9-5-8(6-11(16)18-9)14(21)20-12-7(2)4-10(15)19-13(12)17/h4-6H,3H2,1-2H3,(H,20,21). The highest BCUT2D eigenvalue weighted by atomic mass is 35.5. The normalized spacial score (nSPS) is 10.5. The predicted octanol–water partition coefficient (Wildman–Crippen LogP) is 4.56. The van der Waals surface area contributed by atoms with Gasteiger partial charge in [0.2, 0.25) is 0 Å². The molecule has 0 unspecified atom stereocenters. The van der Waals surface area contributed by atoms with Crippen LogP contribution < -0.4 is 5.32 Å². The van der Waals surface area contributed by atoms with E-state index in [2.05, 4.69) is 15.3 Å². The summed E-state index contributed by atoms with van der Waals surface area (Å²) in [4.78, 5) is 20.3. The Morgan fingerprint density at radius 2 is 1.81 bits per heavy atom. The van der Waals surface area contributed by atoms with Gasteiger partial charge in [0.15, 0.2) is 5.15 Å². The fraction of sp³-hybridized carbons (Fsp3) is 0.214. The number of pyridine rings is 2. The van der Waals surface area contributed by atoms with Crippen molar-refractivity contribution in [3.8, 4) is 0 Å². The Balaban J connectivity index is 2.32. The van der Waals surface area contributed by atoms with Crippen molar-refractivity contribution in [1.82, 2.24) is 9.97 Å². The molecule has 1 amide bonds. The molecule has 2 heterocycles. The topological polar surface area (TPSA) is 54.9 Å². The van der Waals surface area contributed by atoms with Gasteiger partial charge in [-0.15, -0.1) is 0 Å². The van der Waals surface area contributed by atoms with Crippen LogP contribution >= 0.6 is 34.8 Å². The molecule has 0 aliphatic rings. The van der Waals surface area contributed by atoms with Crippen molar-refractivity contribution in [2.75, 3.05) is 5.32 Å². The molecule has 0 spiro atoms. The molecular weight excluding hydrogens is 333 g/mol. The second kappa shape index (κ2) is 6.60. The fourth-order valence-electron chi connectivity index (χ4n) is 1.79. The fourth-order valence-corrected chi connectivity index (χ4v) is 2.60. The number of rotatable bonds is 3. The molecule has 0 bridgehead atoms. The Morgan fingerprint density at radius 1 is 1.14 bits per heavy atom. The number of anilines is 1. The van der Waals surface area contributed by atoms with E-state index in [1.54, 1.807) is 19.1 Å². The van der Waals surface area contributed by atoms with Crippen LogP contribution in [0.2, 0.25) is 15.5 Å². The van der Waals surface area contributed by atoms with Gasteiger partial charge in [-0.05, 0) is 37.1 Å². The summed E-state index contributed by atoms with van der Waals surface area (Å²) in [7, 11) is 0. The molecule has 0 aliphatic heterocycles. The number of carbonyl (C=O) groups excluding carboxylic acids is 1. The van der Waals surface area contributed by atoms with E-state index < -0.39 is 0 Å². The van der Waals surface area contributed by atoms with Gasteiger partial charge >= 0.3 is 0 Å². The molecule has 21 heavy (non-hydrogen) atoms. The summed E-state index contributed by atoms with van der Waals surface area (Å²) in [5.41, 5.74) is 2.31. The van der Waals surface area contributed by atoms with Crippen LogP contribution in [-0.2, 0) is 6.42 Å². The molecule has 0 aromatic carbocycles. The highest BCUT2D eigenvalue weighted by Gasteiger charge is 2.14. The number of amides is 1. The van der Waals surface area contributed by atoms with E-state index in [-0.39, 0.29) is 21.4 Å². The molecule has 0 aliphatic carbocycles. The van der Waals surface area contributed by atoms with E-state index in [0.29, 0.717) is 17.7 Å². The maximum Gasteiger partial charge on any atom is 0.255 e. The first kappa shape index (κ1) is 16.0. The average Bonchev–Trinajstić information content (AvgIpc) is 2.41. The van der Waals surface area contributed by atoms with Crippen molar-refractivity contribution in [2.45, 2.75) is 20.3 Å². The minimum absolute atomic E-state index is 0.143. The van der Waals surface area contributed by atoms with Crippen molar-refractivity contribution in [3.63, 3.8) is 0 Å². The van der Waals surface area contributed by atoms with Gasteiger partial charge in [0, 0.05) is 11.3 Å². The molecule has 2 aromatic rings. The molecule has 0 fully saturated rings. The molecule has 110 valence electrons. The van der Waals surface area contributed by atoms with E-state index in [9.17, 15) is 4.79 Å². The van der Waals surface area contributed by atoms with Gasteiger partial charge in [0.25, 0.3) is 5.91 Å². The van der Waals surface area contributed by atoms with E-state index in [4.69, 9.17) is 34.8 Å². The van der Waals surface area contributed by atoms with Crippen LogP contribution in [-0.4, -0.2) is 15.9 Å². The van der Waals surface area contributed by atoms with Crippen molar-refractivity contribution in [2.24, 2.45) is 0 Å². The zero-order valence-electron chi connectivity index (χ0n) is 11.4. The lowest BCUT2D eigenvalue weighted by Gasteiger charge is -2.11. The van der Waals surface area contributed by atoms with Gasteiger partial charge in [0.05, 0.1) is 5.69 Å². The third-order valence-electron chi connectivity index (χ3n) is 2.85. The highest BCUT2D eigenvalue weighted by molar-refractivity contribution is 6.35. The molecule has 0 atom stereocenters. The number of nitrogens with zero attached hydrogens (tertiary/aromatic N) is 2. The zero-order chi connectivity index (χ0) is 15.6. The van der Waals surface area contributed by atoms with Crippen molar-refractivity contribution >= 4 is 46.4 Å².